The van der Waals surface area contributed by atoms with Gasteiger partial charge in [-0.2, -0.15) is 4.31 Å². The largest absolute Gasteiger partial charge is 0.469 e. The molecule has 39 heavy (non-hydrogen) atoms. The van der Waals surface area contributed by atoms with Gasteiger partial charge in [0, 0.05) is 42.0 Å². The lowest BCUT2D eigenvalue weighted by Gasteiger charge is -2.40. The highest BCUT2D eigenvalue weighted by Gasteiger charge is 2.38. The van der Waals surface area contributed by atoms with Gasteiger partial charge < -0.3 is 9.64 Å². The molecule has 0 bridgehead atoms. The van der Waals surface area contributed by atoms with Crippen LogP contribution in [0.4, 0.5) is 0 Å². The van der Waals surface area contributed by atoms with Gasteiger partial charge in [0.05, 0.1) is 30.2 Å². The Balaban J connectivity index is 1.38. The number of carbonyl (C=O) groups is 2. The molecule has 1 aliphatic heterocycles. The number of hydrogen-bond donors (Lipinski definition) is 0. The summed E-state index contributed by atoms with van der Waals surface area (Å²) in [5, 5.41) is 2.14. The lowest BCUT2D eigenvalue weighted by molar-refractivity contribution is -0.142. The van der Waals surface area contributed by atoms with Gasteiger partial charge in [0.25, 0.3) is 5.91 Å². The van der Waals surface area contributed by atoms with Crippen LogP contribution < -0.4 is 0 Å². The Morgan fingerprint density at radius 2 is 1.72 bits per heavy atom. The average molecular weight is 564 g/mol. The van der Waals surface area contributed by atoms with Gasteiger partial charge in [-0.1, -0.05) is 41.9 Å². The topological polar surface area (TPSA) is 96.9 Å². The first-order valence-electron chi connectivity index (χ1n) is 12.3. The number of methoxy groups -OCH3 is 1. The summed E-state index contributed by atoms with van der Waals surface area (Å²) in [6, 6.07) is 22.1. The van der Waals surface area contributed by atoms with E-state index < -0.39 is 22.0 Å². The minimum Gasteiger partial charge on any atom is -0.469 e. The first-order valence-corrected chi connectivity index (χ1v) is 14.2. The Labute approximate surface area is 231 Å². The van der Waals surface area contributed by atoms with E-state index in [1.165, 1.54) is 11.4 Å². The predicted octanol–water partition coefficient (Wildman–Crippen LogP) is 4.63. The molecule has 1 saturated heterocycles. The van der Waals surface area contributed by atoms with Gasteiger partial charge in [-0.15, -0.1) is 0 Å². The van der Waals surface area contributed by atoms with Crippen LogP contribution in [0.15, 0.2) is 90.0 Å². The first kappa shape index (κ1) is 26.8. The summed E-state index contributed by atoms with van der Waals surface area (Å²) in [4.78, 5) is 31.8. The van der Waals surface area contributed by atoms with Crippen molar-refractivity contribution in [1.82, 2.24) is 14.2 Å². The van der Waals surface area contributed by atoms with E-state index in [0.29, 0.717) is 10.6 Å². The van der Waals surface area contributed by atoms with Gasteiger partial charge in [0.15, 0.2) is 0 Å². The van der Waals surface area contributed by atoms with Gasteiger partial charge in [0.2, 0.25) is 10.0 Å². The zero-order valence-corrected chi connectivity index (χ0v) is 22.7. The molecule has 8 nitrogen and oxygen atoms in total. The van der Waals surface area contributed by atoms with Gasteiger partial charge >= 0.3 is 5.97 Å². The fourth-order valence-corrected chi connectivity index (χ4v) is 6.43. The zero-order chi connectivity index (χ0) is 27.6. The van der Waals surface area contributed by atoms with Crippen molar-refractivity contribution in [1.29, 1.82) is 0 Å². The molecule has 1 fully saturated rings. The Kier molecular flexibility index (Phi) is 7.65. The van der Waals surface area contributed by atoms with Crippen LogP contribution in [-0.2, 0) is 19.6 Å². The molecule has 1 aliphatic rings. The third-order valence-electron chi connectivity index (χ3n) is 6.84. The normalized spacial score (nSPS) is 16.3. The van der Waals surface area contributed by atoms with Crippen LogP contribution >= 0.6 is 11.6 Å². The lowest BCUT2D eigenvalue weighted by atomic mass is 10.0. The Hall–Kier alpha value is -3.79. The van der Waals surface area contributed by atoms with Crippen LogP contribution in [0.1, 0.15) is 16.8 Å². The maximum Gasteiger partial charge on any atom is 0.307 e. The second-order valence-electron chi connectivity index (χ2n) is 9.24. The third-order valence-corrected chi connectivity index (χ3v) is 8.94. The molecule has 5 rings (SSSR count). The molecule has 2 heterocycles. The van der Waals surface area contributed by atoms with Crippen LogP contribution in [0, 0.1) is 0 Å². The summed E-state index contributed by atoms with van der Waals surface area (Å²) >= 11 is 6.06. The number of amides is 1. The van der Waals surface area contributed by atoms with Crippen LogP contribution in [-0.4, -0.2) is 67.3 Å². The predicted molar refractivity (Wildman–Crippen MR) is 149 cm³/mol. The number of halogens is 1. The number of carbonyl (C=O) groups excluding carboxylic acids is 2. The van der Waals surface area contributed by atoms with Crippen LogP contribution in [0.3, 0.4) is 0 Å². The molecule has 0 spiro atoms. The standard InChI is InChI=1S/C29H26ClN3O5S/c1-38-28(34)18-25-19-32(39(36,37)26-12-10-22-16-24(30)11-9-23(22)17-26)14-15-33(25)29(35)21-7-5-20(6-8-21)27-4-2-3-13-31-27/h2-13,16-17,25H,14-15,18-19H2,1H3. The highest BCUT2D eigenvalue weighted by Crippen LogP contribution is 2.27. The first-order chi connectivity index (χ1) is 18.8. The maximum absolute atomic E-state index is 13.6. The summed E-state index contributed by atoms with van der Waals surface area (Å²) < 4.78 is 33.4. The van der Waals surface area contributed by atoms with Crippen molar-refractivity contribution in [3.8, 4) is 11.3 Å². The summed E-state index contributed by atoms with van der Waals surface area (Å²) in [6.07, 6.45) is 1.57. The summed E-state index contributed by atoms with van der Waals surface area (Å²) in [5.41, 5.74) is 2.09. The molecule has 1 unspecified atom stereocenters. The van der Waals surface area contributed by atoms with E-state index in [1.54, 1.807) is 59.6 Å². The van der Waals surface area contributed by atoms with Crippen molar-refractivity contribution in [2.45, 2.75) is 17.4 Å². The molecule has 1 amide bonds. The number of hydrogen-bond acceptors (Lipinski definition) is 6. The second-order valence-corrected chi connectivity index (χ2v) is 11.6. The molecule has 10 heteroatoms. The number of ether oxygens (including phenoxy) is 1. The smallest absolute Gasteiger partial charge is 0.307 e. The molecular weight excluding hydrogens is 538 g/mol. The van der Waals surface area contributed by atoms with Gasteiger partial charge in [-0.3, -0.25) is 14.6 Å². The van der Waals surface area contributed by atoms with E-state index in [1.807, 2.05) is 30.3 Å². The van der Waals surface area contributed by atoms with Crippen molar-refractivity contribution in [3.05, 3.63) is 95.6 Å². The number of rotatable bonds is 6. The number of aromatic nitrogens is 1. The average Bonchev–Trinajstić information content (AvgIpc) is 2.97. The van der Waals surface area contributed by atoms with Crippen molar-refractivity contribution in [2.24, 2.45) is 0 Å². The molecule has 200 valence electrons. The number of fused-ring (bicyclic) bond motifs is 1. The summed E-state index contributed by atoms with van der Waals surface area (Å²) in [7, 11) is -2.62. The van der Waals surface area contributed by atoms with Gasteiger partial charge in [-0.05, 0) is 59.3 Å². The Morgan fingerprint density at radius 1 is 0.974 bits per heavy atom. The van der Waals surface area contributed by atoms with E-state index in [2.05, 4.69) is 4.98 Å². The molecule has 1 atom stereocenters. The SMILES string of the molecule is COC(=O)CC1CN(S(=O)(=O)c2ccc3cc(Cl)ccc3c2)CCN1C(=O)c1ccc(-c2ccccn2)cc1. The van der Waals surface area contributed by atoms with E-state index >= 15 is 0 Å². The Morgan fingerprint density at radius 3 is 2.44 bits per heavy atom. The van der Waals surface area contributed by atoms with Crippen molar-refractivity contribution in [3.63, 3.8) is 0 Å². The van der Waals surface area contributed by atoms with Gasteiger partial charge in [0.1, 0.15) is 0 Å². The number of benzene rings is 3. The molecule has 0 N–H and O–H groups in total. The Bertz CT molecular complexity index is 1630. The number of nitrogens with zero attached hydrogens (tertiary/aromatic N) is 3. The van der Waals surface area contributed by atoms with Crippen molar-refractivity contribution < 1.29 is 22.7 Å². The molecule has 0 radical (unpaired) electrons. The monoisotopic (exact) mass is 563 g/mol. The van der Waals surface area contributed by atoms with E-state index in [-0.39, 0.29) is 36.9 Å². The quantitative estimate of drug-likeness (QED) is 0.317. The molecule has 1 aromatic heterocycles. The molecule has 3 aromatic carbocycles. The van der Waals surface area contributed by atoms with Crippen molar-refractivity contribution >= 4 is 44.3 Å². The lowest BCUT2D eigenvalue weighted by Crippen LogP contribution is -2.57. The second kappa shape index (κ2) is 11.1. The van der Waals surface area contributed by atoms with Gasteiger partial charge in [-0.25, -0.2) is 8.42 Å². The highest BCUT2D eigenvalue weighted by molar-refractivity contribution is 7.89. The maximum atomic E-state index is 13.6. The minimum atomic E-state index is -3.89. The molecule has 0 aliphatic carbocycles. The fraction of sp³-hybridized carbons (Fsp3) is 0.207. The zero-order valence-electron chi connectivity index (χ0n) is 21.2. The molecule has 4 aromatic rings. The van der Waals surface area contributed by atoms with E-state index in [9.17, 15) is 18.0 Å². The highest BCUT2D eigenvalue weighted by atomic mass is 35.5. The van der Waals surface area contributed by atoms with Crippen LogP contribution in [0.2, 0.25) is 5.02 Å². The van der Waals surface area contributed by atoms with E-state index in [4.69, 9.17) is 16.3 Å². The van der Waals surface area contributed by atoms with Crippen molar-refractivity contribution in [2.75, 3.05) is 26.7 Å². The number of pyridine rings is 1. The number of sulfonamides is 1. The summed E-state index contributed by atoms with van der Waals surface area (Å²) in [6.45, 7) is 0.190. The minimum absolute atomic E-state index is 0.0339. The number of piperazine rings is 1. The fourth-order valence-electron chi connectivity index (χ4n) is 4.75. The summed E-state index contributed by atoms with van der Waals surface area (Å²) in [5.74, 6) is -0.804. The molecule has 0 saturated carbocycles. The van der Waals surface area contributed by atoms with E-state index in [0.717, 1.165) is 22.0 Å². The number of esters is 1. The van der Waals surface area contributed by atoms with Crippen LogP contribution in [0.25, 0.3) is 22.0 Å². The van der Waals surface area contributed by atoms with Crippen LogP contribution in [0.5, 0.6) is 0 Å². The molecular formula is C29H26ClN3O5S. The third kappa shape index (κ3) is 5.66.